The number of nitrogens with zero attached hydrogens (tertiary/aromatic N) is 2. The summed E-state index contributed by atoms with van der Waals surface area (Å²) in [4.78, 5) is 18.3. The maximum Gasteiger partial charge on any atom is 0.410 e. The standard InChI is InChI=1S/C17H22N2O3S/c1-17(2,3)22-16(20)19-9-8-12(10-19)11-23-15-18-13-6-4-5-7-14(13)21-15/h4-7,12H,8-11H2,1-3H3/t12-/m0/s1. The Bertz CT molecular complexity index is 659. The molecule has 0 aliphatic carbocycles. The molecule has 1 fully saturated rings. The van der Waals surface area contributed by atoms with E-state index >= 15 is 0 Å². The van der Waals surface area contributed by atoms with Gasteiger partial charge in [-0.3, -0.25) is 0 Å². The first kappa shape index (κ1) is 16.2. The van der Waals surface area contributed by atoms with Crippen molar-refractivity contribution in [1.82, 2.24) is 9.88 Å². The lowest BCUT2D eigenvalue weighted by molar-refractivity contribution is 0.0289. The van der Waals surface area contributed by atoms with E-state index in [1.165, 1.54) is 0 Å². The summed E-state index contributed by atoms with van der Waals surface area (Å²) >= 11 is 1.61. The van der Waals surface area contributed by atoms with Gasteiger partial charge in [0.25, 0.3) is 5.22 Å². The average Bonchev–Trinajstić information content (AvgIpc) is 3.09. The number of aromatic nitrogens is 1. The van der Waals surface area contributed by atoms with Crippen molar-refractivity contribution < 1.29 is 13.9 Å². The molecule has 0 unspecified atom stereocenters. The van der Waals surface area contributed by atoms with Crippen LogP contribution in [0.1, 0.15) is 27.2 Å². The highest BCUT2D eigenvalue weighted by Crippen LogP contribution is 2.28. The van der Waals surface area contributed by atoms with E-state index in [1.807, 2.05) is 45.0 Å². The van der Waals surface area contributed by atoms with Crippen LogP contribution in [-0.4, -0.2) is 40.4 Å². The Kier molecular flexibility index (Phi) is 4.53. The largest absolute Gasteiger partial charge is 0.444 e. The zero-order valence-electron chi connectivity index (χ0n) is 13.7. The van der Waals surface area contributed by atoms with Gasteiger partial charge in [0.05, 0.1) is 0 Å². The third-order valence-corrected chi connectivity index (χ3v) is 4.71. The van der Waals surface area contributed by atoms with Crippen LogP contribution in [0.4, 0.5) is 4.79 Å². The van der Waals surface area contributed by atoms with E-state index < -0.39 is 5.60 Å². The van der Waals surface area contributed by atoms with Crippen LogP contribution in [0.5, 0.6) is 0 Å². The summed E-state index contributed by atoms with van der Waals surface area (Å²) < 4.78 is 11.1. The van der Waals surface area contributed by atoms with Crippen molar-refractivity contribution in [2.24, 2.45) is 5.92 Å². The maximum absolute atomic E-state index is 12.1. The van der Waals surface area contributed by atoms with Gasteiger partial charge in [0.2, 0.25) is 0 Å². The van der Waals surface area contributed by atoms with Crippen LogP contribution in [0.15, 0.2) is 33.9 Å². The molecule has 5 nitrogen and oxygen atoms in total. The van der Waals surface area contributed by atoms with Gasteiger partial charge in [-0.05, 0) is 45.2 Å². The van der Waals surface area contributed by atoms with E-state index in [0.29, 0.717) is 11.1 Å². The first-order valence-electron chi connectivity index (χ1n) is 7.87. The van der Waals surface area contributed by atoms with Gasteiger partial charge in [-0.2, -0.15) is 0 Å². The second-order valence-electron chi connectivity index (χ2n) is 6.84. The Morgan fingerprint density at radius 2 is 2.22 bits per heavy atom. The topological polar surface area (TPSA) is 55.6 Å². The molecule has 1 atom stereocenters. The quantitative estimate of drug-likeness (QED) is 0.788. The van der Waals surface area contributed by atoms with Crippen molar-refractivity contribution in [2.45, 2.75) is 38.0 Å². The molecule has 0 saturated carbocycles. The fourth-order valence-electron chi connectivity index (χ4n) is 2.56. The van der Waals surface area contributed by atoms with Crippen LogP contribution in [0, 0.1) is 5.92 Å². The molecule has 0 radical (unpaired) electrons. The molecule has 0 bridgehead atoms. The van der Waals surface area contributed by atoms with E-state index in [1.54, 1.807) is 16.7 Å². The third kappa shape index (κ3) is 4.19. The number of rotatable bonds is 3. The minimum Gasteiger partial charge on any atom is -0.444 e. The fourth-order valence-corrected chi connectivity index (χ4v) is 3.52. The Morgan fingerprint density at radius 1 is 1.43 bits per heavy atom. The van der Waals surface area contributed by atoms with Crippen molar-refractivity contribution in [2.75, 3.05) is 18.8 Å². The number of ether oxygens (including phenoxy) is 1. The summed E-state index contributed by atoms with van der Waals surface area (Å²) in [6.45, 7) is 7.17. The summed E-state index contributed by atoms with van der Waals surface area (Å²) in [5, 5.41) is 0.696. The minimum atomic E-state index is -0.442. The molecule has 2 aromatic rings. The van der Waals surface area contributed by atoms with Gasteiger partial charge in [0, 0.05) is 18.8 Å². The Hall–Kier alpha value is -1.69. The van der Waals surface area contributed by atoms with Crippen molar-refractivity contribution in [1.29, 1.82) is 0 Å². The number of carbonyl (C=O) groups excluding carboxylic acids is 1. The molecule has 0 N–H and O–H groups in total. The van der Waals surface area contributed by atoms with Crippen LogP contribution in [0.25, 0.3) is 11.1 Å². The number of hydrogen-bond acceptors (Lipinski definition) is 5. The van der Waals surface area contributed by atoms with Gasteiger partial charge in [-0.25, -0.2) is 9.78 Å². The number of amides is 1. The highest BCUT2D eigenvalue weighted by Gasteiger charge is 2.30. The molecule has 0 spiro atoms. The van der Waals surface area contributed by atoms with Gasteiger partial charge >= 0.3 is 6.09 Å². The van der Waals surface area contributed by atoms with E-state index in [9.17, 15) is 4.79 Å². The summed E-state index contributed by atoms with van der Waals surface area (Å²) in [6.07, 6.45) is 0.777. The number of oxazole rings is 1. The molecule has 1 amide bonds. The highest BCUT2D eigenvalue weighted by atomic mass is 32.2. The molecule has 1 aliphatic heterocycles. The second kappa shape index (κ2) is 6.43. The first-order valence-corrected chi connectivity index (χ1v) is 8.85. The number of thioether (sulfide) groups is 1. The minimum absolute atomic E-state index is 0.216. The number of carbonyl (C=O) groups is 1. The molecular weight excluding hydrogens is 312 g/mol. The average molecular weight is 334 g/mol. The van der Waals surface area contributed by atoms with Crippen molar-refractivity contribution in [3.05, 3.63) is 24.3 Å². The Balaban J connectivity index is 1.51. The zero-order valence-corrected chi connectivity index (χ0v) is 14.6. The summed E-state index contributed by atoms with van der Waals surface area (Å²) in [5.41, 5.74) is 1.26. The molecular formula is C17H22N2O3S. The fraction of sp³-hybridized carbons (Fsp3) is 0.529. The highest BCUT2D eigenvalue weighted by molar-refractivity contribution is 7.99. The van der Waals surface area contributed by atoms with Gasteiger partial charge < -0.3 is 14.1 Å². The van der Waals surface area contributed by atoms with Crippen molar-refractivity contribution >= 4 is 29.0 Å². The molecule has 1 saturated heterocycles. The molecule has 3 rings (SSSR count). The smallest absolute Gasteiger partial charge is 0.410 e. The van der Waals surface area contributed by atoms with Gasteiger partial charge in [0.15, 0.2) is 5.58 Å². The van der Waals surface area contributed by atoms with Crippen LogP contribution < -0.4 is 0 Å². The van der Waals surface area contributed by atoms with Crippen LogP contribution in [-0.2, 0) is 4.74 Å². The molecule has 1 aliphatic rings. The molecule has 2 heterocycles. The van der Waals surface area contributed by atoms with Crippen LogP contribution >= 0.6 is 11.8 Å². The van der Waals surface area contributed by atoms with Crippen molar-refractivity contribution in [3.8, 4) is 0 Å². The molecule has 124 valence electrons. The lowest BCUT2D eigenvalue weighted by Gasteiger charge is -2.24. The zero-order chi connectivity index (χ0) is 16.4. The summed E-state index contributed by atoms with van der Waals surface area (Å²) in [6, 6.07) is 7.77. The van der Waals surface area contributed by atoms with Crippen LogP contribution in [0.2, 0.25) is 0 Å². The number of hydrogen-bond donors (Lipinski definition) is 0. The summed E-state index contributed by atoms with van der Waals surface area (Å²) in [5.74, 6) is 1.34. The maximum atomic E-state index is 12.1. The SMILES string of the molecule is CC(C)(C)OC(=O)N1CC[C@H](CSc2nc3ccccc3o2)C1. The third-order valence-electron chi connectivity index (χ3n) is 3.65. The Morgan fingerprint density at radius 3 is 2.96 bits per heavy atom. The number of fused-ring (bicyclic) bond motifs is 1. The predicted octanol–water partition coefficient (Wildman–Crippen LogP) is 4.18. The monoisotopic (exact) mass is 334 g/mol. The lowest BCUT2D eigenvalue weighted by atomic mass is 10.2. The Labute approximate surface area is 140 Å². The van der Waals surface area contributed by atoms with Crippen molar-refractivity contribution in [3.63, 3.8) is 0 Å². The molecule has 23 heavy (non-hydrogen) atoms. The van der Waals surface area contributed by atoms with E-state index in [-0.39, 0.29) is 6.09 Å². The lowest BCUT2D eigenvalue weighted by Crippen LogP contribution is -2.35. The van der Waals surface area contributed by atoms with E-state index in [4.69, 9.17) is 9.15 Å². The van der Waals surface area contributed by atoms with Gasteiger partial charge in [-0.15, -0.1) is 0 Å². The number of likely N-dealkylation sites (tertiary alicyclic amines) is 1. The van der Waals surface area contributed by atoms with Crippen LogP contribution in [0.3, 0.4) is 0 Å². The summed E-state index contributed by atoms with van der Waals surface area (Å²) in [7, 11) is 0. The van der Waals surface area contributed by atoms with E-state index in [2.05, 4.69) is 4.98 Å². The number of benzene rings is 1. The van der Waals surface area contributed by atoms with Gasteiger partial charge in [0.1, 0.15) is 11.1 Å². The molecule has 6 heteroatoms. The normalized spacial score (nSPS) is 18.6. The first-order chi connectivity index (χ1) is 10.9. The molecule has 1 aromatic heterocycles. The number of para-hydroxylation sites is 2. The van der Waals surface area contributed by atoms with Gasteiger partial charge in [-0.1, -0.05) is 23.9 Å². The predicted molar refractivity (Wildman–Crippen MR) is 90.6 cm³/mol. The molecule has 1 aromatic carbocycles. The second-order valence-corrected chi connectivity index (χ2v) is 7.81. The van der Waals surface area contributed by atoms with E-state index in [0.717, 1.165) is 36.4 Å².